The van der Waals surface area contributed by atoms with E-state index in [1.54, 1.807) is 18.2 Å². The van der Waals surface area contributed by atoms with Crippen LogP contribution in [0.5, 0.6) is 11.5 Å². The number of aliphatic hydroxyl groups excluding tert-OH is 1. The van der Waals surface area contributed by atoms with Gasteiger partial charge < -0.3 is 19.3 Å². The number of methoxy groups -OCH3 is 1. The Morgan fingerprint density at radius 1 is 1.15 bits per heavy atom. The van der Waals surface area contributed by atoms with Gasteiger partial charge in [0.05, 0.1) is 26.9 Å². The number of benzene rings is 1. The molecule has 0 fully saturated rings. The summed E-state index contributed by atoms with van der Waals surface area (Å²) in [6.45, 7) is -1.23. The monoisotopic (exact) mass is 294 g/mol. The van der Waals surface area contributed by atoms with Crippen molar-refractivity contribution in [2.75, 3.05) is 26.9 Å². The van der Waals surface area contributed by atoms with E-state index in [1.807, 2.05) is 0 Å². The molecule has 0 saturated carbocycles. The zero-order chi connectivity index (χ0) is 15.0. The van der Waals surface area contributed by atoms with Crippen molar-refractivity contribution in [1.29, 1.82) is 0 Å². The highest BCUT2D eigenvalue weighted by molar-refractivity contribution is 5.42. The van der Waals surface area contributed by atoms with Crippen LogP contribution in [-0.2, 0) is 11.3 Å². The molecule has 0 heterocycles. The smallest absolute Gasteiger partial charge is 0.411 e. The summed E-state index contributed by atoms with van der Waals surface area (Å²) in [5, 5.41) is 9.02. The predicted molar refractivity (Wildman–Crippen MR) is 65.9 cm³/mol. The molecule has 0 atom stereocenters. The quantitative estimate of drug-likeness (QED) is 0.749. The summed E-state index contributed by atoms with van der Waals surface area (Å²) in [6, 6.07) is 4.97. The molecule has 0 saturated heterocycles. The van der Waals surface area contributed by atoms with Crippen LogP contribution in [0.25, 0.3) is 0 Å². The van der Waals surface area contributed by atoms with Crippen LogP contribution in [0.15, 0.2) is 18.2 Å². The summed E-state index contributed by atoms with van der Waals surface area (Å²) in [5.74, 6) is 0.938. The first kappa shape index (κ1) is 16.6. The van der Waals surface area contributed by atoms with E-state index in [4.69, 9.17) is 14.6 Å². The van der Waals surface area contributed by atoms with Gasteiger partial charge in [0, 0.05) is 6.42 Å². The van der Waals surface area contributed by atoms with E-state index in [-0.39, 0.29) is 19.8 Å². The van der Waals surface area contributed by atoms with E-state index in [0.717, 1.165) is 0 Å². The molecule has 0 unspecified atom stereocenters. The second-order valence-corrected chi connectivity index (χ2v) is 4.01. The molecule has 0 bridgehead atoms. The highest BCUT2D eigenvalue weighted by Crippen LogP contribution is 2.28. The molecule has 0 spiro atoms. The van der Waals surface area contributed by atoms with Crippen molar-refractivity contribution >= 4 is 0 Å². The molecular formula is C13H17F3O4. The van der Waals surface area contributed by atoms with Gasteiger partial charge in [-0.15, -0.1) is 0 Å². The molecule has 0 aromatic heterocycles. The largest absolute Gasteiger partial charge is 0.493 e. The molecule has 1 rings (SSSR count). The maximum Gasteiger partial charge on any atom is 0.411 e. The van der Waals surface area contributed by atoms with E-state index in [9.17, 15) is 13.2 Å². The number of halogens is 3. The third-order valence-electron chi connectivity index (χ3n) is 2.37. The number of hydrogen-bond acceptors (Lipinski definition) is 4. The van der Waals surface area contributed by atoms with Crippen LogP contribution in [0.4, 0.5) is 13.2 Å². The third-order valence-corrected chi connectivity index (χ3v) is 2.37. The summed E-state index contributed by atoms with van der Waals surface area (Å²) in [5.41, 5.74) is 0.661. The minimum absolute atomic E-state index is 0.0402. The van der Waals surface area contributed by atoms with Gasteiger partial charge in [0.25, 0.3) is 0 Å². The Hall–Kier alpha value is -1.47. The molecule has 0 radical (unpaired) electrons. The van der Waals surface area contributed by atoms with Crippen LogP contribution in [-0.4, -0.2) is 38.2 Å². The second-order valence-electron chi connectivity index (χ2n) is 4.01. The summed E-state index contributed by atoms with van der Waals surface area (Å²) >= 11 is 0. The fraction of sp³-hybridized carbons (Fsp3) is 0.538. The summed E-state index contributed by atoms with van der Waals surface area (Å²) in [6.07, 6.45) is -3.98. The minimum atomic E-state index is -4.31. The van der Waals surface area contributed by atoms with Crippen molar-refractivity contribution in [3.63, 3.8) is 0 Å². The van der Waals surface area contributed by atoms with Crippen LogP contribution in [0.2, 0.25) is 0 Å². The van der Waals surface area contributed by atoms with E-state index in [2.05, 4.69) is 4.74 Å². The van der Waals surface area contributed by atoms with Gasteiger partial charge in [-0.05, 0) is 17.7 Å². The Morgan fingerprint density at radius 2 is 1.90 bits per heavy atom. The Balaban J connectivity index is 2.34. The minimum Gasteiger partial charge on any atom is -0.493 e. The molecule has 0 aliphatic carbocycles. The first-order valence-corrected chi connectivity index (χ1v) is 6.01. The van der Waals surface area contributed by atoms with Crippen molar-refractivity contribution in [1.82, 2.24) is 0 Å². The van der Waals surface area contributed by atoms with Gasteiger partial charge in [-0.25, -0.2) is 0 Å². The van der Waals surface area contributed by atoms with Gasteiger partial charge in [0.2, 0.25) is 0 Å². The SMILES string of the molecule is COc1ccc(CO)cc1OCCCOCC(F)(F)F. The summed E-state index contributed by atoms with van der Waals surface area (Å²) < 4.78 is 50.4. The molecule has 114 valence electrons. The van der Waals surface area contributed by atoms with Gasteiger partial charge in [0.15, 0.2) is 11.5 Å². The molecule has 0 aliphatic rings. The number of hydrogen-bond donors (Lipinski definition) is 1. The average molecular weight is 294 g/mol. The van der Waals surface area contributed by atoms with Crippen molar-refractivity contribution in [2.45, 2.75) is 19.2 Å². The van der Waals surface area contributed by atoms with Crippen molar-refractivity contribution in [3.05, 3.63) is 23.8 Å². The van der Waals surface area contributed by atoms with Gasteiger partial charge >= 0.3 is 6.18 Å². The lowest BCUT2D eigenvalue weighted by Crippen LogP contribution is -2.18. The lowest BCUT2D eigenvalue weighted by Gasteiger charge is -2.12. The predicted octanol–water partition coefficient (Wildman–Crippen LogP) is 2.54. The van der Waals surface area contributed by atoms with Gasteiger partial charge in [-0.1, -0.05) is 6.07 Å². The number of alkyl halides is 3. The topological polar surface area (TPSA) is 47.9 Å². The Kier molecular flexibility index (Phi) is 6.60. The van der Waals surface area contributed by atoms with E-state index < -0.39 is 12.8 Å². The van der Waals surface area contributed by atoms with E-state index in [0.29, 0.717) is 23.5 Å². The zero-order valence-electron chi connectivity index (χ0n) is 11.1. The lowest BCUT2D eigenvalue weighted by molar-refractivity contribution is -0.174. The van der Waals surface area contributed by atoms with Crippen molar-refractivity contribution < 1.29 is 32.5 Å². The normalized spacial score (nSPS) is 11.4. The number of ether oxygens (including phenoxy) is 3. The Bertz CT molecular complexity index is 407. The fourth-order valence-corrected chi connectivity index (χ4v) is 1.46. The molecule has 20 heavy (non-hydrogen) atoms. The molecular weight excluding hydrogens is 277 g/mol. The zero-order valence-corrected chi connectivity index (χ0v) is 11.1. The van der Waals surface area contributed by atoms with E-state index >= 15 is 0 Å². The highest BCUT2D eigenvalue weighted by atomic mass is 19.4. The van der Waals surface area contributed by atoms with Crippen molar-refractivity contribution in [3.8, 4) is 11.5 Å². The molecule has 1 N–H and O–H groups in total. The Morgan fingerprint density at radius 3 is 2.50 bits per heavy atom. The first-order chi connectivity index (χ1) is 9.46. The molecule has 1 aromatic rings. The number of rotatable bonds is 8. The molecule has 0 amide bonds. The first-order valence-electron chi connectivity index (χ1n) is 6.01. The van der Waals surface area contributed by atoms with Crippen LogP contribution in [0, 0.1) is 0 Å². The van der Waals surface area contributed by atoms with Crippen LogP contribution < -0.4 is 9.47 Å². The molecule has 1 aromatic carbocycles. The second kappa shape index (κ2) is 7.96. The average Bonchev–Trinajstić information content (AvgIpc) is 2.41. The molecule has 0 aliphatic heterocycles. The Labute approximate surface area is 115 Å². The standard InChI is InChI=1S/C13H17F3O4/c1-18-11-4-3-10(8-17)7-12(11)20-6-2-5-19-9-13(14,15)16/h3-4,7,17H,2,5-6,8-9H2,1H3. The fourth-order valence-electron chi connectivity index (χ4n) is 1.46. The number of aliphatic hydroxyl groups is 1. The maximum absolute atomic E-state index is 11.8. The van der Waals surface area contributed by atoms with Crippen molar-refractivity contribution in [2.24, 2.45) is 0 Å². The van der Waals surface area contributed by atoms with Crippen LogP contribution in [0.3, 0.4) is 0 Å². The van der Waals surface area contributed by atoms with Gasteiger partial charge in [0.1, 0.15) is 6.61 Å². The molecule has 7 heteroatoms. The van der Waals surface area contributed by atoms with Gasteiger partial charge in [-0.3, -0.25) is 0 Å². The van der Waals surface area contributed by atoms with Gasteiger partial charge in [-0.2, -0.15) is 13.2 Å². The third kappa shape index (κ3) is 6.12. The molecule has 4 nitrogen and oxygen atoms in total. The summed E-state index contributed by atoms with van der Waals surface area (Å²) in [4.78, 5) is 0. The van der Waals surface area contributed by atoms with E-state index in [1.165, 1.54) is 7.11 Å². The lowest BCUT2D eigenvalue weighted by atomic mass is 10.2. The maximum atomic E-state index is 11.8. The summed E-state index contributed by atoms with van der Waals surface area (Å²) in [7, 11) is 1.48. The highest BCUT2D eigenvalue weighted by Gasteiger charge is 2.27. The van der Waals surface area contributed by atoms with Crippen LogP contribution in [0.1, 0.15) is 12.0 Å². The van der Waals surface area contributed by atoms with Crippen LogP contribution >= 0.6 is 0 Å².